The molecule has 1 N–H and O–H groups in total. The van der Waals surface area contributed by atoms with Crippen LogP contribution in [0.3, 0.4) is 0 Å². The quantitative estimate of drug-likeness (QED) is 0.820. The lowest BCUT2D eigenvalue weighted by Gasteiger charge is -2.20. The van der Waals surface area contributed by atoms with Crippen LogP contribution in [0.2, 0.25) is 0 Å². The Hall–Kier alpha value is -1.35. The minimum atomic E-state index is 0.174. The fourth-order valence-corrected chi connectivity index (χ4v) is 1.94. The fraction of sp³-hybridized carbons (Fsp3) is 0.462. The van der Waals surface area contributed by atoms with Gasteiger partial charge >= 0.3 is 0 Å². The first-order valence-corrected chi connectivity index (χ1v) is 5.94. The Morgan fingerprint density at radius 3 is 2.81 bits per heavy atom. The van der Waals surface area contributed by atoms with E-state index in [9.17, 15) is 4.79 Å². The molecule has 1 fully saturated rings. The lowest BCUT2D eigenvalue weighted by atomic mass is 10.1. The second-order valence-electron chi connectivity index (χ2n) is 4.18. The van der Waals surface area contributed by atoms with Gasteiger partial charge in [-0.25, -0.2) is 5.43 Å². The molecule has 16 heavy (non-hydrogen) atoms. The first-order chi connectivity index (χ1) is 7.86. The number of nitrogens with one attached hydrogen (secondary N) is 1. The van der Waals surface area contributed by atoms with Gasteiger partial charge in [0.15, 0.2) is 0 Å². The summed E-state index contributed by atoms with van der Waals surface area (Å²) >= 11 is 0. The number of rotatable bonds is 2. The minimum absolute atomic E-state index is 0.174. The zero-order valence-electron chi connectivity index (χ0n) is 9.48. The van der Waals surface area contributed by atoms with Gasteiger partial charge in [-0.1, -0.05) is 36.8 Å². The van der Waals surface area contributed by atoms with Crippen LogP contribution in [0.4, 0.5) is 0 Å². The average molecular weight is 218 g/mol. The predicted molar refractivity (Wildman–Crippen MR) is 63.7 cm³/mol. The van der Waals surface area contributed by atoms with Crippen molar-refractivity contribution in [1.29, 1.82) is 0 Å². The number of hydrogen-bond acceptors (Lipinski definition) is 2. The molecular formula is C13H18N2O. The van der Waals surface area contributed by atoms with E-state index < -0.39 is 0 Å². The molecule has 1 heterocycles. The van der Waals surface area contributed by atoms with Gasteiger partial charge < -0.3 is 0 Å². The Morgan fingerprint density at radius 2 is 2.00 bits per heavy atom. The van der Waals surface area contributed by atoms with Crippen molar-refractivity contribution in [3.63, 3.8) is 0 Å². The Morgan fingerprint density at radius 1 is 1.19 bits per heavy atom. The fourth-order valence-electron chi connectivity index (χ4n) is 1.94. The van der Waals surface area contributed by atoms with Crippen LogP contribution in [0, 0.1) is 0 Å². The van der Waals surface area contributed by atoms with Crippen molar-refractivity contribution in [1.82, 2.24) is 10.4 Å². The van der Waals surface area contributed by atoms with Gasteiger partial charge in [-0.2, -0.15) is 0 Å². The van der Waals surface area contributed by atoms with E-state index in [-0.39, 0.29) is 5.91 Å². The van der Waals surface area contributed by atoms with Crippen molar-refractivity contribution in [3.8, 4) is 0 Å². The van der Waals surface area contributed by atoms with Crippen molar-refractivity contribution in [2.45, 2.75) is 25.7 Å². The van der Waals surface area contributed by atoms with E-state index >= 15 is 0 Å². The predicted octanol–water partition coefficient (Wildman–Crippen LogP) is 1.75. The number of carbonyl (C=O) groups is 1. The lowest BCUT2D eigenvalue weighted by molar-refractivity contribution is -0.133. The highest BCUT2D eigenvalue weighted by molar-refractivity contribution is 5.78. The SMILES string of the molecule is O=C(Cc1ccccc1)N1CCCCCN1. The molecule has 1 aliphatic heterocycles. The lowest BCUT2D eigenvalue weighted by Crippen LogP contribution is -2.43. The first-order valence-electron chi connectivity index (χ1n) is 5.94. The number of benzene rings is 1. The van der Waals surface area contributed by atoms with Crippen LogP contribution < -0.4 is 5.43 Å². The molecule has 0 spiro atoms. The molecule has 1 aromatic carbocycles. The summed E-state index contributed by atoms with van der Waals surface area (Å²) in [5, 5.41) is 1.78. The maximum atomic E-state index is 12.0. The van der Waals surface area contributed by atoms with Crippen LogP contribution in [0.15, 0.2) is 30.3 Å². The third-order valence-corrected chi connectivity index (χ3v) is 2.86. The van der Waals surface area contributed by atoms with Gasteiger partial charge in [0.25, 0.3) is 0 Å². The van der Waals surface area contributed by atoms with Crippen molar-refractivity contribution in [3.05, 3.63) is 35.9 Å². The molecule has 1 amide bonds. The highest BCUT2D eigenvalue weighted by Crippen LogP contribution is 2.06. The van der Waals surface area contributed by atoms with E-state index in [0.717, 1.165) is 31.5 Å². The molecule has 0 aromatic heterocycles. The Bertz CT molecular complexity index is 329. The van der Waals surface area contributed by atoms with Crippen LogP contribution >= 0.6 is 0 Å². The van der Waals surface area contributed by atoms with Gasteiger partial charge in [0.05, 0.1) is 6.42 Å². The summed E-state index contributed by atoms with van der Waals surface area (Å²) in [6.45, 7) is 1.76. The molecule has 3 heteroatoms. The number of nitrogens with zero attached hydrogens (tertiary/aromatic N) is 1. The topological polar surface area (TPSA) is 32.3 Å². The Kier molecular flexibility index (Phi) is 3.94. The van der Waals surface area contributed by atoms with E-state index in [1.807, 2.05) is 30.3 Å². The molecule has 0 radical (unpaired) electrons. The molecule has 0 unspecified atom stereocenters. The monoisotopic (exact) mass is 218 g/mol. The molecule has 0 atom stereocenters. The van der Waals surface area contributed by atoms with Crippen molar-refractivity contribution >= 4 is 5.91 Å². The number of hydrazine groups is 1. The summed E-state index contributed by atoms with van der Waals surface area (Å²) < 4.78 is 0. The molecule has 0 aliphatic carbocycles. The number of amides is 1. The van der Waals surface area contributed by atoms with Crippen LogP contribution in [-0.4, -0.2) is 24.0 Å². The van der Waals surface area contributed by atoms with Gasteiger partial charge in [0.2, 0.25) is 5.91 Å². The maximum absolute atomic E-state index is 12.0. The second kappa shape index (κ2) is 5.66. The van der Waals surface area contributed by atoms with E-state index in [4.69, 9.17) is 0 Å². The van der Waals surface area contributed by atoms with Crippen molar-refractivity contribution < 1.29 is 4.79 Å². The Labute approximate surface area is 96.4 Å². The maximum Gasteiger partial charge on any atom is 0.241 e. The number of hydrogen-bond donors (Lipinski definition) is 1. The van der Waals surface area contributed by atoms with Crippen LogP contribution in [0.1, 0.15) is 24.8 Å². The van der Waals surface area contributed by atoms with E-state index in [1.165, 1.54) is 6.42 Å². The summed E-state index contributed by atoms with van der Waals surface area (Å²) in [6, 6.07) is 9.90. The zero-order chi connectivity index (χ0) is 11.2. The highest BCUT2D eigenvalue weighted by Gasteiger charge is 2.14. The third-order valence-electron chi connectivity index (χ3n) is 2.86. The van der Waals surface area contributed by atoms with Crippen molar-refractivity contribution in [2.24, 2.45) is 0 Å². The van der Waals surface area contributed by atoms with Crippen molar-refractivity contribution in [2.75, 3.05) is 13.1 Å². The molecular weight excluding hydrogens is 200 g/mol. The molecule has 1 aliphatic rings. The van der Waals surface area contributed by atoms with E-state index in [0.29, 0.717) is 6.42 Å². The summed E-state index contributed by atoms with van der Waals surface area (Å²) in [5.74, 6) is 0.174. The molecule has 2 rings (SSSR count). The molecule has 1 saturated heterocycles. The van der Waals surface area contributed by atoms with Gasteiger partial charge in [-0.15, -0.1) is 0 Å². The molecule has 0 bridgehead atoms. The van der Waals surface area contributed by atoms with Gasteiger partial charge in [0.1, 0.15) is 0 Å². The zero-order valence-corrected chi connectivity index (χ0v) is 9.48. The number of carbonyl (C=O) groups excluding carboxylic acids is 1. The van der Waals surface area contributed by atoms with Crippen LogP contribution in [0.5, 0.6) is 0 Å². The molecule has 86 valence electrons. The third kappa shape index (κ3) is 3.07. The van der Waals surface area contributed by atoms with Crippen LogP contribution in [-0.2, 0) is 11.2 Å². The second-order valence-corrected chi connectivity index (χ2v) is 4.18. The summed E-state index contributed by atoms with van der Waals surface area (Å²) in [7, 11) is 0. The molecule has 3 nitrogen and oxygen atoms in total. The largest absolute Gasteiger partial charge is 0.278 e. The minimum Gasteiger partial charge on any atom is -0.278 e. The first kappa shape index (κ1) is 11.1. The van der Waals surface area contributed by atoms with Gasteiger partial charge in [-0.3, -0.25) is 9.80 Å². The summed E-state index contributed by atoms with van der Waals surface area (Å²) in [5.41, 5.74) is 4.27. The molecule has 0 saturated carbocycles. The van der Waals surface area contributed by atoms with Gasteiger partial charge in [-0.05, 0) is 18.4 Å². The van der Waals surface area contributed by atoms with Gasteiger partial charge in [0, 0.05) is 13.1 Å². The highest BCUT2D eigenvalue weighted by atomic mass is 16.2. The normalized spacial score (nSPS) is 16.9. The summed E-state index contributed by atoms with van der Waals surface area (Å²) in [6.07, 6.45) is 3.97. The van der Waals surface area contributed by atoms with E-state index in [2.05, 4.69) is 5.43 Å². The molecule has 1 aromatic rings. The van der Waals surface area contributed by atoms with Crippen LogP contribution in [0.25, 0.3) is 0 Å². The summed E-state index contributed by atoms with van der Waals surface area (Å²) in [4.78, 5) is 12.0. The Balaban J connectivity index is 1.92. The van der Waals surface area contributed by atoms with E-state index in [1.54, 1.807) is 5.01 Å². The average Bonchev–Trinajstić information content (AvgIpc) is 2.59. The smallest absolute Gasteiger partial charge is 0.241 e. The standard InChI is InChI=1S/C13H18N2O/c16-13(11-12-7-3-1-4-8-12)15-10-6-2-5-9-14-15/h1,3-4,7-8,14H,2,5-6,9-11H2.